The van der Waals surface area contributed by atoms with Crippen molar-refractivity contribution >= 4 is 23.2 Å². The van der Waals surface area contributed by atoms with E-state index in [1.807, 2.05) is 6.92 Å². The third kappa shape index (κ3) is 4.74. The Kier molecular flexibility index (Phi) is 6.26. The SMILES string of the molecule is COc1ccc(NC(C)=O)cc1NC(=O)C(C)N1CCC(N)C(C)(C)C1. The van der Waals surface area contributed by atoms with Crippen LogP contribution in [0.1, 0.15) is 34.1 Å². The molecule has 0 aromatic heterocycles. The fourth-order valence-electron chi connectivity index (χ4n) is 3.24. The largest absolute Gasteiger partial charge is 0.495 e. The number of nitrogens with two attached hydrogens (primary N) is 1. The van der Waals surface area contributed by atoms with Crippen molar-refractivity contribution in [1.82, 2.24) is 4.90 Å². The minimum atomic E-state index is -0.295. The molecule has 2 unspecified atom stereocenters. The Morgan fingerprint density at radius 3 is 2.62 bits per heavy atom. The van der Waals surface area contributed by atoms with Gasteiger partial charge in [0.15, 0.2) is 0 Å². The number of amides is 2. The molecule has 7 nitrogen and oxygen atoms in total. The third-order valence-electron chi connectivity index (χ3n) is 5.05. The van der Waals surface area contributed by atoms with E-state index in [1.165, 1.54) is 6.92 Å². The van der Waals surface area contributed by atoms with Crippen LogP contribution >= 0.6 is 0 Å². The van der Waals surface area contributed by atoms with Crippen LogP contribution in [0.2, 0.25) is 0 Å². The number of ether oxygens (including phenoxy) is 1. The Balaban J connectivity index is 2.12. The monoisotopic (exact) mass is 362 g/mol. The van der Waals surface area contributed by atoms with Crippen molar-refractivity contribution in [2.75, 3.05) is 30.8 Å². The Bertz CT molecular complexity index is 675. The van der Waals surface area contributed by atoms with E-state index in [1.54, 1.807) is 25.3 Å². The number of hydrogen-bond acceptors (Lipinski definition) is 5. The number of nitrogens with one attached hydrogen (secondary N) is 2. The van der Waals surface area contributed by atoms with Crippen LogP contribution in [-0.4, -0.2) is 49.0 Å². The highest BCUT2D eigenvalue weighted by Crippen LogP contribution is 2.30. The highest BCUT2D eigenvalue weighted by molar-refractivity contribution is 5.97. The summed E-state index contributed by atoms with van der Waals surface area (Å²) in [5.74, 6) is 0.253. The molecule has 2 amide bonds. The lowest BCUT2D eigenvalue weighted by Crippen LogP contribution is -2.56. The molecule has 1 fully saturated rings. The molecule has 0 aliphatic carbocycles. The van der Waals surface area contributed by atoms with Crippen molar-refractivity contribution in [2.24, 2.45) is 11.1 Å². The van der Waals surface area contributed by atoms with Crippen LogP contribution in [0.3, 0.4) is 0 Å². The smallest absolute Gasteiger partial charge is 0.241 e. The standard InChI is InChI=1S/C19H30N4O3/c1-12(23-9-8-17(20)19(3,4)11-23)18(25)22-15-10-14(21-13(2)24)6-7-16(15)26-5/h6-7,10,12,17H,8-9,11,20H2,1-5H3,(H,21,24)(H,22,25). The zero-order chi connectivity index (χ0) is 19.5. The summed E-state index contributed by atoms with van der Waals surface area (Å²) in [6, 6.07) is 4.99. The van der Waals surface area contributed by atoms with Gasteiger partial charge in [-0.3, -0.25) is 14.5 Å². The minimum Gasteiger partial charge on any atom is -0.495 e. The van der Waals surface area contributed by atoms with Crippen molar-refractivity contribution < 1.29 is 14.3 Å². The lowest BCUT2D eigenvalue weighted by Gasteiger charge is -2.44. The average Bonchev–Trinajstić information content (AvgIpc) is 2.56. The number of piperidine rings is 1. The number of carbonyl (C=O) groups is 2. The molecule has 26 heavy (non-hydrogen) atoms. The minimum absolute atomic E-state index is 0.0319. The topological polar surface area (TPSA) is 96.7 Å². The van der Waals surface area contributed by atoms with Crippen molar-refractivity contribution in [3.8, 4) is 5.75 Å². The van der Waals surface area contributed by atoms with Crippen LogP contribution in [0.25, 0.3) is 0 Å². The highest BCUT2D eigenvalue weighted by Gasteiger charge is 2.36. The second kappa shape index (κ2) is 8.05. The van der Waals surface area contributed by atoms with Gasteiger partial charge in [0.2, 0.25) is 11.8 Å². The van der Waals surface area contributed by atoms with E-state index >= 15 is 0 Å². The summed E-state index contributed by atoms with van der Waals surface area (Å²) in [5.41, 5.74) is 7.29. The van der Waals surface area contributed by atoms with Gasteiger partial charge in [0.05, 0.1) is 18.8 Å². The molecule has 1 aromatic carbocycles. The first-order chi connectivity index (χ1) is 12.1. The predicted octanol–water partition coefficient (Wildman–Crippen LogP) is 2.04. The molecular weight excluding hydrogens is 332 g/mol. The molecule has 0 spiro atoms. The van der Waals surface area contributed by atoms with Crippen LogP contribution in [0.5, 0.6) is 5.75 Å². The number of anilines is 2. The quantitative estimate of drug-likeness (QED) is 0.745. The summed E-state index contributed by atoms with van der Waals surface area (Å²) in [4.78, 5) is 26.2. The van der Waals surface area contributed by atoms with Crippen molar-refractivity contribution in [3.63, 3.8) is 0 Å². The molecule has 7 heteroatoms. The number of hydrogen-bond donors (Lipinski definition) is 3. The molecule has 0 radical (unpaired) electrons. The molecule has 2 rings (SSSR count). The second-order valence-electron chi connectivity index (χ2n) is 7.62. The molecule has 0 saturated carbocycles. The molecule has 1 aromatic rings. The first-order valence-electron chi connectivity index (χ1n) is 8.90. The Labute approximate surface area is 155 Å². The maximum Gasteiger partial charge on any atom is 0.241 e. The molecule has 2 atom stereocenters. The summed E-state index contributed by atoms with van der Waals surface area (Å²) in [6.45, 7) is 9.16. The molecule has 144 valence electrons. The van der Waals surface area contributed by atoms with E-state index in [0.717, 1.165) is 19.5 Å². The lowest BCUT2D eigenvalue weighted by atomic mass is 9.79. The summed E-state index contributed by atoms with van der Waals surface area (Å²) in [7, 11) is 1.54. The summed E-state index contributed by atoms with van der Waals surface area (Å²) < 4.78 is 5.32. The van der Waals surface area contributed by atoms with E-state index in [0.29, 0.717) is 17.1 Å². The zero-order valence-corrected chi connectivity index (χ0v) is 16.3. The van der Waals surface area contributed by atoms with Gasteiger partial charge in [-0.2, -0.15) is 0 Å². The molecule has 1 heterocycles. The van der Waals surface area contributed by atoms with Gasteiger partial charge in [0.25, 0.3) is 0 Å². The van der Waals surface area contributed by atoms with E-state index in [4.69, 9.17) is 10.5 Å². The van der Waals surface area contributed by atoms with Gasteiger partial charge in [0.1, 0.15) is 5.75 Å². The molecule has 0 bridgehead atoms. The van der Waals surface area contributed by atoms with Crippen LogP contribution in [0.15, 0.2) is 18.2 Å². The van der Waals surface area contributed by atoms with E-state index in [-0.39, 0.29) is 29.3 Å². The van der Waals surface area contributed by atoms with E-state index in [9.17, 15) is 9.59 Å². The number of nitrogens with zero attached hydrogens (tertiary/aromatic N) is 1. The lowest BCUT2D eigenvalue weighted by molar-refractivity contribution is -0.122. The number of carbonyl (C=O) groups excluding carboxylic acids is 2. The van der Waals surface area contributed by atoms with Gasteiger partial charge >= 0.3 is 0 Å². The summed E-state index contributed by atoms with van der Waals surface area (Å²) in [6.07, 6.45) is 0.867. The molecule has 1 aliphatic heterocycles. The number of rotatable bonds is 5. The number of likely N-dealkylation sites (tertiary alicyclic amines) is 1. The van der Waals surface area contributed by atoms with Crippen molar-refractivity contribution in [2.45, 2.75) is 46.2 Å². The summed E-state index contributed by atoms with van der Waals surface area (Å²) >= 11 is 0. The van der Waals surface area contributed by atoms with Gasteiger partial charge in [-0.25, -0.2) is 0 Å². The first-order valence-corrected chi connectivity index (χ1v) is 8.90. The van der Waals surface area contributed by atoms with Gasteiger partial charge in [-0.05, 0) is 37.0 Å². The molecule has 4 N–H and O–H groups in total. The van der Waals surface area contributed by atoms with Gasteiger partial charge in [-0.1, -0.05) is 13.8 Å². The zero-order valence-electron chi connectivity index (χ0n) is 16.3. The molecule has 1 aliphatic rings. The normalized spacial score (nSPS) is 20.9. The van der Waals surface area contributed by atoms with Gasteiger partial charge in [-0.15, -0.1) is 0 Å². The van der Waals surface area contributed by atoms with Gasteiger partial charge in [0, 0.05) is 31.7 Å². The Morgan fingerprint density at radius 1 is 1.35 bits per heavy atom. The van der Waals surface area contributed by atoms with Crippen LogP contribution in [0.4, 0.5) is 11.4 Å². The Hall–Kier alpha value is -2.12. The number of benzene rings is 1. The highest BCUT2D eigenvalue weighted by atomic mass is 16.5. The van der Waals surface area contributed by atoms with Gasteiger partial charge < -0.3 is 21.1 Å². The molecule has 1 saturated heterocycles. The van der Waals surface area contributed by atoms with Crippen LogP contribution < -0.4 is 21.1 Å². The maximum atomic E-state index is 12.8. The van der Waals surface area contributed by atoms with Crippen molar-refractivity contribution in [1.29, 1.82) is 0 Å². The first kappa shape index (κ1) is 20.2. The van der Waals surface area contributed by atoms with Crippen LogP contribution in [-0.2, 0) is 9.59 Å². The Morgan fingerprint density at radius 2 is 2.04 bits per heavy atom. The van der Waals surface area contributed by atoms with Crippen LogP contribution in [0, 0.1) is 5.41 Å². The third-order valence-corrected chi connectivity index (χ3v) is 5.05. The molecular formula is C19H30N4O3. The van der Waals surface area contributed by atoms with Crippen molar-refractivity contribution in [3.05, 3.63) is 18.2 Å². The maximum absolute atomic E-state index is 12.8. The average molecular weight is 362 g/mol. The number of methoxy groups -OCH3 is 1. The fraction of sp³-hybridized carbons (Fsp3) is 0.579. The predicted molar refractivity (Wildman–Crippen MR) is 103 cm³/mol. The van der Waals surface area contributed by atoms with E-state index in [2.05, 4.69) is 29.4 Å². The second-order valence-corrected chi connectivity index (χ2v) is 7.62. The fourth-order valence-corrected chi connectivity index (χ4v) is 3.24. The van der Waals surface area contributed by atoms with E-state index < -0.39 is 0 Å². The summed E-state index contributed by atoms with van der Waals surface area (Å²) in [5, 5.41) is 5.63.